The van der Waals surface area contributed by atoms with Crippen molar-refractivity contribution in [2.24, 2.45) is 0 Å². The van der Waals surface area contributed by atoms with E-state index < -0.39 is 0 Å². The second-order valence-corrected chi connectivity index (χ2v) is 7.59. The average Bonchev–Trinajstić information content (AvgIpc) is 2.79. The molecule has 0 bridgehead atoms. The number of Topliss-reactive ketones (excluding diaryl/α,β-unsaturated/α-hetero) is 1. The molecule has 2 aromatic rings. The van der Waals surface area contributed by atoms with Crippen LogP contribution in [-0.4, -0.2) is 57.6 Å². The number of amides is 1. The largest absolute Gasteiger partial charge is 0.384 e. The van der Waals surface area contributed by atoms with Gasteiger partial charge in [-0.3, -0.25) is 19.5 Å². The Bertz CT molecular complexity index is 992. The SMILES string of the molecule is Nc1cc(CN2CCN(C(=O)C3=CC=C(C(=O)c4ccccn4)CC3)CC2)ccn1. The van der Waals surface area contributed by atoms with Gasteiger partial charge in [-0.25, -0.2) is 4.98 Å². The summed E-state index contributed by atoms with van der Waals surface area (Å²) in [6.07, 6.45) is 8.06. The molecule has 0 radical (unpaired) electrons. The number of carbonyl (C=O) groups excluding carboxylic acids is 2. The van der Waals surface area contributed by atoms with Crippen LogP contribution in [0.2, 0.25) is 0 Å². The van der Waals surface area contributed by atoms with Gasteiger partial charge in [0.15, 0.2) is 0 Å². The Kier molecular flexibility index (Phi) is 5.99. The van der Waals surface area contributed by atoms with Gasteiger partial charge < -0.3 is 10.6 Å². The van der Waals surface area contributed by atoms with E-state index in [0.717, 1.165) is 30.8 Å². The molecule has 0 saturated carbocycles. The fourth-order valence-corrected chi connectivity index (χ4v) is 3.83. The fraction of sp³-hybridized carbons (Fsp3) is 0.304. The molecule has 0 aromatic carbocycles. The third-order valence-electron chi connectivity index (χ3n) is 5.52. The summed E-state index contributed by atoms with van der Waals surface area (Å²) in [7, 11) is 0. The van der Waals surface area contributed by atoms with Crippen molar-refractivity contribution in [2.75, 3.05) is 31.9 Å². The highest BCUT2D eigenvalue weighted by Gasteiger charge is 2.25. The quantitative estimate of drug-likeness (QED) is 0.770. The molecule has 1 saturated heterocycles. The summed E-state index contributed by atoms with van der Waals surface area (Å²) in [6.45, 7) is 3.83. The van der Waals surface area contributed by atoms with Gasteiger partial charge in [0, 0.05) is 56.3 Å². The average molecular weight is 403 g/mol. The number of nitrogen functional groups attached to an aromatic ring is 1. The lowest BCUT2D eigenvalue weighted by Crippen LogP contribution is -2.48. The number of pyridine rings is 2. The zero-order valence-electron chi connectivity index (χ0n) is 16.8. The van der Waals surface area contributed by atoms with Gasteiger partial charge >= 0.3 is 0 Å². The number of aromatic nitrogens is 2. The number of nitrogens with zero attached hydrogens (tertiary/aromatic N) is 4. The van der Waals surface area contributed by atoms with Crippen molar-refractivity contribution >= 4 is 17.5 Å². The van der Waals surface area contributed by atoms with Crippen molar-refractivity contribution in [1.82, 2.24) is 19.8 Å². The molecule has 1 aliphatic heterocycles. The van der Waals surface area contributed by atoms with Gasteiger partial charge in [0.05, 0.1) is 0 Å². The lowest BCUT2D eigenvalue weighted by atomic mass is 9.93. The number of hydrogen-bond acceptors (Lipinski definition) is 6. The molecule has 0 spiro atoms. The fourth-order valence-electron chi connectivity index (χ4n) is 3.83. The molecule has 1 aliphatic carbocycles. The second kappa shape index (κ2) is 9.00. The van der Waals surface area contributed by atoms with E-state index >= 15 is 0 Å². The third kappa shape index (κ3) is 4.63. The first-order chi connectivity index (χ1) is 14.6. The van der Waals surface area contributed by atoms with Crippen LogP contribution in [0.25, 0.3) is 0 Å². The molecule has 4 rings (SSSR count). The third-order valence-corrected chi connectivity index (χ3v) is 5.52. The normalized spacial score (nSPS) is 17.3. The van der Waals surface area contributed by atoms with E-state index in [1.165, 1.54) is 0 Å². The Morgan fingerprint density at radius 3 is 2.37 bits per heavy atom. The summed E-state index contributed by atoms with van der Waals surface area (Å²) in [5, 5.41) is 0. The maximum absolute atomic E-state index is 12.9. The molecule has 30 heavy (non-hydrogen) atoms. The second-order valence-electron chi connectivity index (χ2n) is 7.59. The van der Waals surface area contributed by atoms with Gasteiger partial charge in [-0.2, -0.15) is 0 Å². The molecule has 154 valence electrons. The minimum Gasteiger partial charge on any atom is -0.384 e. The molecule has 7 heteroatoms. The molecule has 0 unspecified atom stereocenters. The maximum atomic E-state index is 12.9. The predicted molar refractivity (Wildman–Crippen MR) is 114 cm³/mol. The molecule has 2 aliphatic rings. The molecule has 7 nitrogen and oxygen atoms in total. The van der Waals surface area contributed by atoms with E-state index in [-0.39, 0.29) is 11.7 Å². The summed E-state index contributed by atoms with van der Waals surface area (Å²) >= 11 is 0. The summed E-state index contributed by atoms with van der Waals surface area (Å²) < 4.78 is 0. The first kappa shape index (κ1) is 20.0. The van der Waals surface area contributed by atoms with E-state index in [4.69, 9.17) is 5.73 Å². The van der Waals surface area contributed by atoms with Crippen LogP contribution in [0.5, 0.6) is 0 Å². The molecular weight excluding hydrogens is 378 g/mol. The van der Waals surface area contributed by atoms with E-state index in [0.29, 0.717) is 43.0 Å². The summed E-state index contributed by atoms with van der Waals surface area (Å²) in [5.74, 6) is 0.534. The van der Waals surface area contributed by atoms with E-state index in [9.17, 15) is 9.59 Å². The molecule has 3 heterocycles. The molecule has 1 fully saturated rings. The molecule has 2 aromatic heterocycles. The van der Waals surface area contributed by atoms with Crippen LogP contribution in [0.3, 0.4) is 0 Å². The van der Waals surface area contributed by atoms with Crippen molar-refractivity contribution < 1.29 is 9.59 Å². The molecule has 1 amide bonds. The topological polar surface area (TPSA) is 92.4 Å². The van der Waals surface area contributed by atoms with Gasteiger partial charge in [0.25, 0.3) is 0 Å². The van der Waals surface area contributed by atoms with Crippen LogP contribution in [0, 0.1) is 0 Å². The Balaban J connectivity index is 1.33. The van der Waals surface area contributed by atoms with Crippen LogP contribution < -0.4 is 5.73 Å². The number of rotatable bonds is 5. The van der Waals surface area contributed by atoms with Crippen LogP contribution in [-0.2, 0) is 11.3 Å². The highest BCUT2D eigenvalue weighted by Crippen LogP contribution is 2.23. The standard InChI is InChI=1S/C23H25N5O2/c24-21-15-17(8-10-26-21)16-27-11-13-28(14-12-27)23(30)19-6-4-18(5-7-19)22(29)20-3-1-2-9-25-20/h1-4,6,8-10,15H,5,7,11-14,16H2,(H2,24,26). The first-order valence-corrected chi connectivity index (χ1v) is 10.2. The smallest absolute Gasteiger partial charge is 0.249 e. The van der Waals surface area contributed by atoms with Crippen molar-refractivity contribution in [3.8, 4) is 0 Å². The van der Waals surface area contributed by atoms with E-state index in [1.807, 2.05) is 17.0 Å². The Labute approximate surface area is 175 Å². The van der Waals surface area contributed by atoms with E-state index in [1.54, 1.807) is 42.7 Å². The van der Waals surface area contributed by atoms with Crippen molar-refractivity contribution in [1.29, 1.82) is 0 Å². The molecular formula is C23H25N5O2. The summed E-state index contributed by atoms with van der Waals surface area (Å²) in [5.41, 5.74) is 8.79. The zero-order chi connectivity index (χ0) is 20.9. The van der Waals surface area contributed by atoms with E-state index in [2.05, 4.69) is 14.9 Å². The number of carbonyl (C=O) groups is 2. The number of anilines is 1. The van der Waals surface area contributed by atoms with Crippen molar-refractivity contribution in [3.63, 3.8) is 0 Å². The minimum atomic E-state index is -0.0660. The summed E-state index contributed by atoms with van der Waals surface area (Å²) in [6, 6.07) is 9.16. The predicted octanol–water partition coefficient (Wildman–Crippen LogP) is 2.23. The lowest BCUT2D eigenvalue weighted by molar-refractivity contribution is -0.129. The van der Waals surface area contributed by atoms with Crippen LogP contribution >= 0.6 is 0 Å². The maximum Gasteiger partial charge on any atom is 0.249 e. The van der Waals surface area contributed by atoms with Crippen molar-refractivity contribution in [2.45, 2.75) is 19.4 Å². The molecule has 2 N–H and O–H groups in total. The van der Waals surface area contributed by atoms with Crippen molar-refractivity contribution in [3.05, 3.63) is 77.3 Å². The van der Waals surface area contributed by atoms with Gasteiger partial charge in [0.2, 0.25) is 11.7 Å². The van der Waals surface area contributed by atoms with Gasteiger partial charge in [-0.1, -0.05) is 18.2 Å². The number of piperazine rings is 1. The van der Waals surface area contributed by atoms with Crippen LogP contribution in [0.4, 0.5) is 5.82 Å². The van der Waals surface area contributed by atoms with Gasteiger partial charge in [0.1, 0.15) is 11.5 Å². The number of nitrogens with two attached hydrogens (primary N) is 1. The summed E-state index contributed by atoms with van der Waals surface area (Å²) in [4.78, 5) is 37.8. The number of ketones is 1. The highest BCUT2D eigenvalue weighted by atomic mass is 16.2. The Morgan fingerprint density at radius 2 is 1.70 bits per heavy atom. The Hall–Kier alpha value is -3.32. The van der Waals surface area contributed by atoms with Crippen LogP contribution in [0.1, 0.15) is 28.9 Å². The van der Waals surface area contributed by atoms with Gasteiger partial charge in [-0.15, -0.1) is 0 Å². The zero-order valence-corrected chi connectivity index (χ0v) is 16.8. The lowest BCUT2D eigenvalue weighted by Gasteiger charge is -2.35. The highest BCUT2D eigenvalue weighted by molar-refractivity contribution is 6.08. The minimum absolute atomic E-state index is 0.0660. The van der Waals surface area contributed by atoms with Crippen LogP contribution in [0.15, 0.2) is 66.0 Å². The van der Waals surface area contributed by atoms with Gasteiger partial charge in [-0.05, 0) is 42.7 Å². The molecule has 0 atom stereocenters. The Morgan fingerprint density at radius 1 is 0.933 bits per heavy atom. The number of hydrogen-bond donors (Lipinski definition) is 1. The monoisotopic (exact) mass is 403 g/mol. The number of allylic oxidation sites excluding steroid dienone is 3. The first-order valence-electron chi connectivity index (χ1n) is 10.2.